The third-order valence-corrected chi connectivity index (χ3v) is 4.83. The van der Waals surface area contributed by atoms with Gasteiger partial charge in [0.25, 0.3) is 11.5 Å². The number of hydrogen-bond donors (Lipinski definition) is 2. The summed E-state index contributed by atoms with van der Waals surface area (Å²) in [5, 5.41) is 4.04. The molecule has 3 atom stereocenters. The van der Waals surface area contributed by atoms with Crippen LogP contribution in [0, 0.1) is 0 Å². The number of rotatable bonds is 4. The van der Waals surface area contributed by atoms with Crippen molar-refractivity contribution in [2.24, 2.45) is 7.05 Å². The molecule has 0 aliphatic carbocycles. The molecule has 25 heavy (non-hydrogen) atoms. The highest BCUT2D eigenvalue weighted by atomic mass is 16.2. The molecular formula is C18H23N5O2. The van der Waals surface area contributed by atoms with Crippen LogP contribution in [0.1, 0.15) is 35.4 Å². The van der Waals surface area contributed by atoms with E-state index < -0.39 is 0 Å². The van der Waals surface area contributed by atoms with Crippen molar-refractivity contribution in [3.8, 4) is 0 Å². The van der Waals surface area contributed by atoms with E-state index in [9.17, 15) is 9.59 Å². The van der Waals surface area contributed by atoms with E-state index in [2.05, 4.69) is 28.1 Å². The summed E-state index contributed by atoms with van der Waals surface area (Å²) in [5.74, 6) is -0.201. The molecule has 7 nitrogen and oxygen atoms in total. The second kappa shape index (κ2) is 7.16. The Morgan fingerprint density at radius 1 is 1.24 bits per heavy atom. The van der Waals surface area contributed by atoms with Crippen LogP contribution in [-0.2, 0) is 7.05 Å². The lowest BCUT2D eigenvalue weighted by Gasteiger charge is -2.29. The molecule has 1 aliphatic rings. The van der Waals surface area contributed by atoms with Crippen molar-refractivity contribution in [2.75, 3.05) is 7.05 Å². The summed E-state index contributed by atoms with van der Waals surface area (Å²) < 4.78 is 1.17. The first-order chi connectivity index (χ1) is 12.0. The fourth-order valence-electron chi connectivity index (χ4n) is 3.05. The van der Waals surface area contributed by atoms with Crippen molar-refractivity contribution >= 4 is 5.91 Å². The lowest BCUT2D eigenvalue weighted by Crippen LogP contribution is -2.48. The lowest BCUT2D eigenvalue weighted by atomic mass is 9.98. The number of nitrogens with one attached hydrogen (secondary N) is 2. The SMILES string of the molecule is CC(C1CC(c2ccccc2)NN1)N(C)C(=O)c1ccc(=O)n(C)n1. The van der Waals surface area contributed by atoms with Crippen LogP contribution in [0.5, 0.6) is 0 Å². The summed E-state index contributed by atoms with van der Waals surface area (Å²) in [4.78, 5) is 25.8. The highest BCUT2D eigenvalue weighted by Gasteiger charge is 2.32. The Morgan fingerprint density at radius 2 is 1.96 bits per heavy atom. The van der Waals surface area contributed by atoms with Crippen molar-refractivity contribution in [1.29, 1.82) is 0 Å². The van der Waals surface area contributed by atoms with Crippen molar-refractivity contribution in [3.05, 3.63) is 64.1 Å². The molecule has 2 heterocycles. The molecule has 1 amide bonds. The monoisotopic (exact) mass is 341 g/mol. The maximum absolute atomic E-state index is 12.7. The average Bonchev–Trinajstić information content (AvgIpc) is 3.13. The molecule has 2 aromatic rings. The smallest absolute Gasteiger partial charge is 0.274 e. The first kappa shape index (κ1) is 17.3. The Bertz CT molecular complexity index is 805. The highest BCUT2D eigenvalue weighted by Crippen LogP contribution is 2.24. The van der Waals surface area contributed by atoms with E-state index >= 15 is 0 Å². The van der Waals surface area contributed by atoms with Crippen LogP contribution in [0.4, 0.5) is 0 Å². The predicted molar refractivity (Wildman–Crippen MR) is 94.9 cm³/mol. The molecule has 1 aromatic carbocycles. The standard InChI is InChI=1S/C18H23N5O2/c1-12(15-11-16(20-19-15)13-7-5-4-6-8-13)22(2)18(25)14-9-10-17(24)23(3)21-14/h4-10,12,15-16,19-20H,11H2,1-3H3. The molecule has 3 unspecified atom stereocenters. The average molecular weight is 341 g/mol. The Kier molecular flexibility index (Phi) is 4.96. The van der Waals surface area contributed by atoms with E-state index in [1.807, 2.05) is 25.1 Å². The Balaban J connectivity index is 1.68. The molecule has 0 bridgehead atoms. The van der Waals surface area contributed by atoms with Gasteiger partial charge in [-0.05, 0) is 25.0 Å². The molecule has 0 radical (unpaired) electrons. The van der Waals surface area contributed by atoms with Gasteiger partial charge < -0.3 is 4.90 Å². The zero-order chi connectivity index (χ0) is 18.0. The number of carbonyl (C=O) groups excluding carboxylic acids is 1. The summed E-state index contributed by atoms with van der Waals surface area (Å²) in [6.45, 7) is 2.01. The van der Waals surface area contributed by atoms with Crippen LogP contribution in [0.25, 0.3) is 0 Å². The molecule has 132 valence electrons. The third kappa shape index (κ3) is 3.62. The number of aromatic nitrogens is 2. The van der Waals surface area contributed by atoms with Crippen LogP contribution >= 0.6 is 0 Å². The number of likely N-dealkylation sites (N-methyl/N-ethyl adjacent to an activating group) is 1. The normalized spacial score (nSPS) is 21.1. The second-order valence-corrected chi connectivity index (χ2v) is 6.43. The summed E-state index contributed by atoms with van der Waals surface area (Å²) in [5.41, 5.74) is 7.85. The summed E-state index contributed by atoms with van der Waals surface area (Å²) in [6, 6.07) is 13.4. The predicted octanol–water partition coefficient (Wildman–Crippen LogP) is 0.849. The van der Waals surface area contributed by atoms with Gasteiger partial charge in [0, 0.05) is 38.3 Å². The minimum atomic E-state index is -0.236. The quantitative estimate of drug-likeness (QED) is 0.862. The van der Waals surface area contributed by atoms with Gasteiger partial charge in [-0.1, -0.05) is 30.3 Å². The fourth-order valence-corrected chi connectivity index (χ4v) is 3.05. The van der Waals surface area contributed by atoms with Crippen LogP contribution < -0.4 is 16.4 Å². The summed E-state index contributed by atoms with van der Waals surface area (Å²) in [7, 11) is 3.30. The van der Waals surface area contributed by atoms with Gasteiger partial charge in [0.15, 0.2) is 0 Å². The van der Waals surface area contributed by atoms with Gasteiger partial charge in [0.05, 0.1) is 0 Å². The molecular weight excluding hydrogens is 318 g/mol. The topological polar surface area (TPSA) is 79.3 Å². The van der Waals surface area contributed by atoms with Gasteiger partial charge in [0.2, 0.25) is 0 Å². The Hall–Kier alpha value is -2.51. The molecule has 0 saturated carbocycles. The number of hydrogen-bond acceptors (Lipinski definition) is 5. The van der Waals surface area contributed by atoms with Gasteiger partial charge in [-0.15, -0.1) is 0 Å². The van der Waals surface area contributed by atoms with E-state index in [1.165, 1.54) is 29.4 Å². The van der Waals surface area contributed by atoms with E-state index in [-0.39, 0.29) is 35.3 Å². The van der Waals surface area contributed by atoms with Gasteiger partial charge >= 0.3 is 0 Å². The van der Waals surface area contributed by atoms with Crippen LogP contribution in [0.3, 0.4) is 0 Å². The zero-order valence-corrected chi connectivity index (χ0v) is 14.6. The molecule has 2 N–H and O–H groups in total. The van der Waals surface area contributed by atoms with Crippen LogP contribution in [0.15, 0.2) is 47.3 Å². The van der Waals surface area contributed by atoms with Crippen molar-refractivity contribution in [3.63, 3.8) is 0 Å². The zero-order valence-electron chi connectivity index (χ0n) is 14.6. The number of benzene rings is 1. The largest absolute Gasteiger partial charge is 0.336 e. The van der Waals surface area contributed by atoms with Crippen molar-refractivity contribution < 1.29 is 4.79 Å². The van der Waals surface area contributed by atoms with Crippen LogP contribution in [0.2, 0.25) is 0 Å². The molecule has 1 aliphatic heterocycles. The van der Waals surface area contributed by atoms with Crippen molar-refractivity contribution in [1.82, 2.24) is 25.5 Å². The van der Waals surface area contributed by atoms with Crippen molar-refractivity contribution in [2.45, 2.75) is 31.5 Å². The third-order valence-electron chi connectivity index (χ3n) is 4.83. The van der Waals surface area contributed by atoms with Gasteiger partial charge in [-0.25, -0.2) is 10.1 Å². The lowest BCUT2D eigenvalue weighted by molar-refractivity contribution is 0.0706. The highest BCUT2D eigenvalue weighted by molar-refractivity contribution is 5.92. The maximum atomic E-state index is 12.7. The molecule has 1 saturated heterocycles. The number of aryl methyl sites for hydroxylation is 1. The fraction of sp³-hybridized carbons (Fsp3) is 0.389. The second-order valence-electron chi connectivity index (χ2n) is 6.43. The van der Waals surface area contributed by atoms with Gasteiger partial charge in [-0.3, -0.25) is 15.0 Å². The molecule has 0 spiro atoms. The molecule has 1 fully saturated rings. The van der Waals surface area contributed by atoms with Crippen LogP contribution in [-0.4, -0.2) is 39.7 Å². The van der Waals surface area contributed by atoms with E-state index in [0.717, 1.165) is 6.42 Å². The minimum Gasteiger partial charge on any atom is -0.336 e. The van der Waals surface area contributed by atoms with Gasteiger partial charge in [-0.2, -0.15) is 5.10 Å². The van der Waals surface area contributed by atoms with E-state index in [4.69, 9.17) is 0 Å². The number of nitrogens with zero attached hydrogens (tertiary/aromatic N) is 3. The molecule has 1 aromatic heterocycles. The first-order valence-corrected chi connectivity index (χ1v) is 8.35. The maximum Gasteiger partial charge on any atom is 0.274 e. The first-order valence-electron chi connectivity index (χ1n) is 8.35. The summed E-state index contributed by atoms with van der Waals surface area (Å²) >= 11 is 0. The van der Waals surface area contributed by atoms with Gasteiger partial charge in [0.1, 0.15) is 5.69 Å². The number of carbonyl (C=O) groups is 1. The number of amides is 1. The minimum absolute atomic E-state index is 0.0345. The molecule has 7 heteroatoms. The summed E-state index contributed by atoms with van der Waals surface area (Å²) in [6.07, 6.45) is 0.878. The Labute approximate surface area is 146 Å². The van der Waals surface area contributed by atoms with E-state index in [1.54, 1.807) is 11.9 Å². The Morgan fingerprint density at radius 3 is 2.64 bits per heavy atom. The van der Waals surface area contributed by atoms with E-state index in [0.29, 0.717) is 0 Å². The number of hydrazine groups is 1. The molecule has 3 rings (SSSR count).